The molecule has 0 bridgehead atoms. The number of aryl methyl sites for hydroxylation is 2. The Bertz CT molecular complexity index is 458. The van der Waals surface area contributed by atoms with Crippen molar-refractivity contribution in [3.05, 3.63) is 29.3 Å². The predicted octanol–water partition coefficient (Wildman–Crippen LogP) is 2.63. The molecule has 0 saturated carbocycles. The zero-order valence-electron chi connectivity index (χ0n) is 10.8. The number of benzene rings is 1. The zero-order chi connectivity index (χ0) is 12.6. The molecule has 1 aromatic carbocycles. The molecule has 1 aliphatic heterocycles. The van der Waals surface area contributed by atoms with Crippen molar-refractivity contribution in [2.45, 2.75) is 39.8 Å². The number of thiocarbonyl (C=S) groups is 1. The van der Waals surface area contributed by atoms with Crippen molar-refractivity contribution in [1.29, 1.82) is 0 Å². The average Bonchev–Trinajstić information content (AvgIpc) is 2.59. The van der Waals surface area contributed by atoms with Crippen LogP contribution in [-0.4, -0.2) is 10.8 Å². The molecule has 0 spiro atoms. The number of nitrogens with one attached hydrogen (secondary N) is 2. The lowest BCUT2D eigenvalue weighted by molar-refractivity contribution is 0.362. The SMILES string of the molecule is CC[C@@]1(C)NC(=S)N(c2ccc(C)c(C)c2)N1. The molecule has 2 N–H and O–H groups in total. The van der Waals surface area contributed by atoms with Crippen LogP contribution in [0.15, 0.2) is 18.2 Å². The third-order valence-electron chi connectivity index (χ3n) is 3.40. The topological polar surface area (TPSA) is 27.3 Å². The molecular weight excluding hydrogens is 230 g/mol. The monoisotopic (exact) mass is 249 g/mol. The third-order valence-corrected chi connectivity index (χ3v) is 3.68. The van der Waals surface area contributed by atoms with Crippen LogP contribution in [0.2, 0.25) is 0 Å². The molecule has 1 aromatic rings. The van der Waals surface area contributed by atoms with E-state index in [1.165, 1.54) is 11.1 Å². The van der Waals surface area contributed by atoms with E-state index < -0.39 is 0 Å². The Morgan fingerprint density at radius 2 is 2.00 bits per heavy atom. The smallest absolute Gasteiger partial charge is 0.189 e. The predicted molar refractivity (Wildman–Crippen MR) is 76.0 cm³/mol. The summed E-state index contributed by atoms with van der Waals surface area (Å²) in [6.07, 6.45) is 0.967. The quantitative estimate of drug-likeness (QED) is 0.788. The van der Waals surface area contributed by atoms with E-state index in [4.69, 9.17) is 12.2 Å². The van der Waals surface area contributed by atoms with Crippen LogP contribution in [0, 0.1) is 13.8 Å². The van der Waals surface area contributed by atoms with Gasteiger partial charge in [-0.05, 0) is 62.7 Å². The lowest BCUT2D eigenvalue weighted by atomic mass is 10.1. The van der Waals surface area contributed by atoms with Gasteiger partial charge in [-0.3, -0.25) is 5.01 Å². The van der Waals surface area contributed by atoms with Gasteiger partial charge in [0, 0.05) is 0 Å². The molecular formula is C13H19N3S. The molecule has 3 nitrogen and oxygen atoms in total. The fraction of sp³-hybridized carbons (Fsp3) is 0.462. The summed E-state index contributed by atoms with van der Waals surface area (Å²) < 4.78 is 0. The Kier molecular flexibility index (Phi) is 3.10. The Labute approximate surface area is 108 Å². The number of rotatable bonds is 2. The lowest BCUT2D eigenvalue weighted by Crippen LogP contribution is -2.47. The summed E-state index contributed by atoms with van der Waals surface area (Å²) in [6.45, 7) is 8.47. The van der Waals surface area contributed by atoms with Crippen molar-refractivity contribution in [1.82, 2.24) is 10.7 Å². The molecule has 2 rings (SSSR count). The van der Waals surface area contributed by atoms with Gasteiger partial charge in [-0.2, -0.15) is 0 Å². The first-order chi connectivity index (χ1) is 7.95. The highest BCUT2D eigenvalue weighted by atomic mass is 32.1. The molecule has 0 aromatic heterocycles. The molecule has 1 aliphatic rings. The van der Waals surface area contributed by atoms with E-state index in [0.717, 1.165) is 17.2 Å². The average molecular weight is 249 g/mol. The number of hydrogen-bond acceptors (Lipinski definition) is 2. The molecule has 0 amide bonds. The van der Waals surface area contributed by atoms with Gasteiger partial charge < -0.3 is 5.32 Å². The Morgan fingerprint density at radius 1 is 1.29 bits per heavy atom. The molecule has 17 heavy (non-hydrogen) atoms. The summed E-state index contributed by atoms with van der Waals surface area (Å²) >= 11 is 5.37. The standard InChI is InChI=1S/C13H19N3S/c1-5-13(4)14-12(17)16(15-13)11-7-6-9(2)10(3)8-11/h6-8,15H,5H2,1-4H3,(H,14,17)/t13-/m0/s1. The second-order valence-electron chi connectivity index (χ2n) is 4.83. The van der Waals surface area contributed by atoms with Gasteiger partial charge in [-0.1, -0.05) is 13.0 Å². The minimum atomic E-state index is -0.143. The van der Waals surface area contributed by atoms with Crippen LogP contribution in [0.1, 0.15) is 31.4 Å². The van der Waals surface area contributed by atoms with E-state index in [9.17, 15) is 0 Å². The molecule has 1 fully saturated rings. The third kappa shape index (κ3) is 2.28. The highest BCUT2D eigenvalue weighted by Crippen LogP contribution is 2.23. The normalized spacial score (nSPS) is 24.0. The van der Waals surface area contributed by atoms with Gasteiger partial charge in [0.25, 0.3) is 0 Å². The fourth-order valence-corrected chi connectivity index (χ4v) is 2.21. The molecule has 92 valence electrons. The van der Waals surface area contributed by atoms with Gasteiger partial charge in [-0.25, -0.2) is 5.43 Å². The van der Waals surface area contributed by atoms with Crippen LogP contribution < -0.4 is 15.8 Å². The largest absolute Gasteiger partial charge is 0.342 e. The van der Waals surface area contributed by atoms with Crippen molar-refractivity contribution in [3.8, 4) is 0 Å². The van der Waals surface area contributed by atoms with Gasteiger partial charge >= 0.3 is 0 Å². The summed E-state index contributed by atoms with van der Waals surface area (Å²) in [4.78, 5) is 0. The van der Waals surface area contributed by atoms with Gasteiger partial charge in [0.15, 0.2) is 5.11 Å². The molecule has 0 radical (unpaired) electrons. The fourth-order valence-electron chi connectivity index (χ4n) is 1.83. The van der Waals surface area contributed by atoms with Crippen LogP contribution in [0.25, 0.3) is 0 Å². The van der Waals surface area contributed by atoms with Gasteiger partial charge in [0.2, 0.25) is 0 Å². The summed E-state index contributed by atoms with van der Waals surface area (Å²) in [5.41, 5.74) is 6.93. The maximum atomic E-state index is 5.37. The van der Waals surface area contributed by atoms with E-state index in [1.807, 2.05) is 5.01 Å². The molecule has 1 atom stereocenters. The van der Waals surface area contributed by atoms with Crippen molar-refractivity contribution >= 4 is 23.0 Å². The Balaban J connectivity index is 2.29. The van der Waals surface area contributed by atoms with E-state index in [0.29, 0.717) is 0 Å². The number of nitrogens with zero attached hydrogens (tertiary/aromatic N) is 1. The Hall–Kier alpha value is -1.13. The summed E-state index contributed by atoms with van der Waals surface area (Å²) in [5.74, 6) is 0. The minimum absolute atomic E-state index is 0.143. The second kappa shape index (κ2) is 4.27. The van der Waals surface area contributed by atoms with E-state index in [-0.39, 0.29) is 5.66 Å². The van der Waals surface area contributed by atoms with Crippen molar-refractivity contribution < 1.29 is 0 Å². The lowest BCUT2D eigenvalue weighted by Gasteiger charge is -2.24. The second-order valence-corrected chi connectivity index (χ2v) is 5.22. The highest BCUT2D eigenvalue weighted by molar-refractivity contribution is 7.80. The highest BCUT2D eigenvalue weighted by Gasteiger charge is 2.34. The van der Waals surface area contributed by atoms with Crippen LogP contribution in [0.5, 0.6) is 0 Å². The number of anilines is 1. The van der Waals surface area contributed by atoms with E-state index in [1.54, 1.807) is 0 Å². The van der Waals surface area contributed by atoms with Gasteiger partial charge in [0.1, 0.15) is 5.66 Å². The van der Waals surface area contributed by atoms with Crippen LogP contribution in [0.3, 0.4) is 0 Å². The molecule has 0 unspecified atom stereocenters. The van der Waals surface area contributed by atoms with Crippen molar-refractivity contribution in [2.75, 3.05) is 5.01 Å². The van der Waals surface area contributed by atoms with Crippen molar-refractivity contribution in [3.63, 3.8) is 0 Å². The number of hydrazine groups is 1. The molecule has 1 heterocycles. The summed E-state index contributed by atoms with van der Waals surface area (Å²) in [5, 5.41) is 5.99. The van der Waals surface area contributed by atoms with E-state index in [2.05, 4.69) is 56.6 Å². The Morgan fingerprint density at radius 3 is 2.53 bits per heavy atom. The van der Waals surface area contributed by atoms with Crippen LogP contribution >= 0.6 is 12.2 Å². The van der Waals surface area contributed by atoms with Crippen LogP contribution in [-0.2, 0) is 0 Å². The maximum absolute atomic E-state index is 5.37. The molecule has 4 heteroatoms. The summed E-state index contributed by atoms with van der Waals surface area (Å²) in [7, 11) is 0. The maximum Gasteiger partial charge on any atom is 0.189 e. The van der Waals surface area contributed by atoms with Crippen molar-refractivity contribution in [2.24, 2.45) is 0 Å². The van der Waals surface area contributed by atoms with E-state index >= 15 is 0 Å². The first-order valence-corrected chi connectivity index (χ1v) is 6.33. The molecule has 1 saturated heterocycles. The first-order valence-electron chi connectivity index (χ1n) is 5.92. The molecule has 0 aliphatic carbocycles. The van der Waals surface area contributed by atoms with Gasteiger partial charge in [0.05, 0.1) is 5.69 Å². The van der Waals surface area contributed by atoms with Crippen LogP contribution in [0.4, 0.5) is 5.69 Å². The summed E-state index contributed by atoms with van der Waals surface area (Å²) in [6, 6.07) is 6.36. The van der Waals surface area contributed by atoms with Gasteiger partial charge in [-0.15, -0.1) is 0 Å². The zero-order valence-corrected chi connectivity index (χ0v) is 11.6. The number of hydrogen-bond donors (Lipinski definition) is 2. The first kappa shape index (κ1) is 12.3. The minimum Gasteiger partial charge on any atom is -0.342 e.